The van der Waals surface area contributed by atoms with Gasteiger partial charge in [0, 0.05) is 31.5 Å². The molecule has 0 aromatic carbocycles. The molecule has 3 heterocycles. The van der Waals surface area contributed by atoms with Crippen molar-refractivity contribution in [2.45, 2.75) is 45.1 Å². The minimum Gasteiger partial charge on any atom is -0.363 e. The summed E-state index contributed by atoms with van der Waals surface area (Å²) in [5, 5.41) is 3.61. The predicted octanol–water partition coefficient (Wildman–Crippen LogP) is 0.783. The van der Waals surface area contributed by atoms with Gasteiger partial charge in [0.1, 0.15) is 0 Å². The van der Waals surface area contributed by atoms with E-state index in [4.69, 9.17) is 10.3 Å². The maximum atomic E-state index is 12.3. The molecule has 1 aliphatic carbocycles. The number of hydrogen-bond donors (Lipinski definition) is 1. The van der Waals surface area contributed by atoms with Crippen molar-refractivity contribution < 1.29 is 14.1 Å². The molecule has 0 radical (unpaired) electrons. The summed E-state index contributed by atoms with van der Waals surface area (Å²) in [6, 6.07) is 0. The Labute approximate surface area is 146 Å². The summed E-state index contributed by atoms with van der Waals surface area (Å²) < 4.78 is 5.14. The minimum atomic E-state index is -0.674. The van der Waals surface area contributed by atoms with E-state index in [9.17, 15) is 9.59 Å². The lowest BCUT2D eigenvalue weighted by Crippen LogP contribution is -2.54. The van der Waals surface area contributed by atoms with Crippen LogP contribution >= 0.6 is 0 Å². The second kappa shape index (κ2) is 6.40. The predicted molar refractivity (Wildman–Crippen MR) is 88.3 cm³/mol. The number of piperidine rings is 2. The molecule has 8 nitrogen and oxygen atoms in total. The number of primary amides is 1. The van der Waals surface area contributed by atoms with Gasteiger partial charge in [0.2, 0.25) is 11.8 Å². The van der Waals surface area contributed by atoms with E-state index in [1.54, 1.807) is 0 Å². The van der Waals surface area contributed by atoms with Gasteiger partial charge in [0.05, 0.1) is 6.54 Å². The molecular weight excluding hydrogens is 322 g/mol. The summed E-state index contributed by atoms with van der Waals surface area (Å²) in [6.07, 6.45) is 6.41. The average molecular weight is 347 g/mol. The highest BCUT2D eigenvalue weighted by molar-refractivity contribution is 5.88. The fraction of sp³-hybridized carbons (Fsp3) is 0.765. The van der Waals surface area contributed by atoms with Crippen LogP contribution in [0, 0.1) is 11.3 Å². The summed E-state index contributed by atoms with van der Waals surface area (Å²) in [7, 11) is 0. The molecule has 1 unspecified atom stereocenters. The molecule has 3 aliphatic rings. The van der Waals surface area contributed by atoms with Gasteiger partial charge in [-0.25, -0.2) is 0 Å². The number of likely N-dealkylation sites (tertiary alicyclic amines) is 2. The first-order valence-corrected chi connectivity index (χ1v) is 9.16. The molecule has 1 aromatic rings. The number of nitrogens with zero attached hydrogens (tertiary/aromatic N) is 4. The smallest absolute Gasteiger partial charge is 0.290 e. The Morgan fingerprint density at radius 3 is 2.88 bits per heavy atom. The first kappa shape index (κ1) is 16.5. The Kier molecular flexibility index (Phi) is 4.23. The Morgan fingerprint density at radius 2 is 2.16 bits per heavy atom. The van der Waals surface area contributed by atoms with Crippen molar-refractivity contribution >= 4 is 11.8 Å². The van der Waals surface area contributed by atoms with Crippen LogP contribution in [-0.2, 0) is 11.3 Å². The summed E-state index contributed by atoms with van der Waals surface area (Å²) in [4.78, 5) is 31.8. The first-order chi connectivity index (χ1) is 12.0. The van der Waals surface area contributed by atoms with E-state index in [0.717, 1.165) is 51.4 Å². The maximum Gasteiger partial charge on any atom is 0.290 e. The van der Waals surface area contributed by atoms with E-state index in [-0.39, 0.29) is 11.2 Å². The number of aromatic nitrogens is 2. The molecular formula is C17H25N5O3. The van der Waals surface area contributed by atoms with E-state index in [1.807, 2.05) is 0 Å². The number of rotatable bonds is 5. The zero-order chi connectivity index (χ0) is 17.4. The Bertz CT molecular complexity index is 671. The summed E-state index contributed by atoms with van der Waals surface area (Å²) in [5.74, 6) is 0.724. The molecule has 1 atom stereocenters. The Balaban J connectivity index is 1.40. The van der Waals surface area contributed by atoms with Crippen molar-refractivity contribution in [2.24, 2.45) is 17.1 Å². The maximum absolute atomic E-state index is 12.3. The lowest BCUT2D eigenvalue weighted by molar-refractivity contribution is -0.139. The van der Waals surface area contributed by atoms with Gasteiger partial charge in [-0.15, -0.1) is 0 Å². The molecule has 136 valence electrons. The summed E-state index contributed by atoms with van der Waals surface area (Å²) in [6.45, 7) is 4.22. The highest BCUT2D eigenvalue weighted by Gasteiger charge is 2.43. The minimum absolute atomic E-state index is 0.0689. The van der Waals surface area contributed by atoms with Crippen LogP contribution in [0.3, 0.4) is 0 Å². The van der Waals surface area contributed by atoms with Crippen molar-refractivity contribution in [2.75, 3.05) is 26.2 Å². The fourth-order valence-corrected chi connectivity index (χ4v) is 4.27. The van der Waals surface area contributed by atoms with E-state index in [0.29, 0.717) is 24.8 Å². The van der Waals surface area contributed by atoms with Crippen molar-refractivity contribution in [3.05, 3.63) is 11.7 Å². The molecule has 1 spiro atoms. The van der Waals surface area contributed by atoms with E-state index in [2.05, 4.69) is 19.9 Å². The molecule has 4 rings (SSSR count). The molecule has 0 bridgehead atoms. The third-order valence-electron chi connectivity index (χ3n) is 5.71. The van der Waals surface area contributed by atoms with Crippen molar-refractivity contribution in [3.8, 4) is 0 Å². The Morgan fingerprint density at radius 1 is 1.32 bits per heavy atom. The van der Waals surface area contributed by atoms with E-state index >= 15 is 0 Å². The van der Waals surface area contributed by atoms with Gasteiger partial charge in [0.15, 0.2) is 0 Å². The van der Waals surface area contributed by atoms with Gasteiger partial charge in [-0.3, -0.25) is 14.5 Å². The zero-order valence-corrected chi connectivity index (χ0v) is 14.4. The number of amides is 2. The molecule has 1 saturated carbocycles. The van der Waals surface area contributed by atoms with E-state index in [1.165, 1.54) is 12.8 Å². The van der Waals surface area contributed by atoms with Crippen LogP contribution in [0.5, 0.6) is 0 Å². The summed E-state index contributed by atoms with van der Waals surface area (Å²) in [5.41, 5.74) is 5.34. The van der Waals surface area contributed by atoms with Crippen molar-refractivity contribution in [3.63, 3.8) is 0 Å². The van der Waals surface area contributed by atoms with Gasteiger partial charge in [-0.05, 0) is 44.6 Å². The molecule has 2 saturated heterocycles. The van der Waals surface area contributed by atoms with Gasteiger partial charge in [0.25, 0.3) is 11.7 Å². The highest BCUT2D eigenvalue weighted by Crippen LogP contribution is 2.40. The second-order valence-electron chi connectivity index (χ2n) is 7.91. The van der Waals surface area contributed by atoms with Crippen LogP contribution in [0.4, 0.5) is 0 Å². The monoisotopic (exact) mass is 347 g/mol. The molecule has 2 aliphatic heterocycles. The zero-order valence-electron chi connectivity index (χ0n) is 14.4. The quantitative estimate of drug-likeness (QED) is 0.844. The summed E-state index contributed by atoms with van der Waals surface area (Å²) >= 11 is 0. The number of carbonyl (C=O) groups excluding carboxylic acids is 2. The molecule has 3 fully saturated rings. The van der Waals surface area contributed by atoms with Crippen LogP contribution in [0.15, 0.2) is 4.52 Å². The third-order valence-corrected chi connectivity index (χ3v) is 5.71. The van der Waals surface area contributed by atoms with Gasteiger partial charge in [-0.1, -0.05) is 5.16 Å². The van der Waals surface area contributed by atoms with Crippen LogP contribution < -0.4 is 5.73 Å². The molecule has 25 heavy (non-hydrogen) atoms. The van der Waals surface area contributed by atoms with Crippen molar-refractivity contribution in [1.29, 1.82) is 0 Å². The third kappa shape index (κ3) is 3.68. The SMILES string of the molecule is NC(=O)c1noc(CN2CCCC3(CCC(=O)N(CC4CC4)C3)C2)n1. The lowest BCUT2D eigenvalue weighted by atomic mass is 9.73. The molecule has 2 amide bonds. The molecule has 8 heteroatoms. The van der Waals surface area contributed by atoms with Crippen LogP contribution in [0.1, 0.15) is 55.0 Å². The van der Waals surface area contributed by atoms with Gasteiger partial charge < -0.3 is 15.2 Å². The fourth-order valence-electron chi connectivity index (χ4n) is 4.27. The van der Waals surface area contributed by atoms with Crippen LogP contribution in [0.25, 0.3) is 0 Å². The van der Waals surface area contributed by atoms with Crippen LogP contribution in [0.2, 0.25) is 0 Å². The Hall–Kier alpha value is -1.96. The standard InChI is InChI=1S/C17H25N5O3/c18-15(24)16-19-13(25-20-16)9-21-7-1-5-17(10-21)6-4-14(23)22(11-17)8-12-2-3-12/h12H,1-11H2,(H2,18,24). The van der Waals surface area contributed by atoms with Gasteiger partial charge in [-0.2, -0.15) is 4.98 Å². The first-order valence-electron chi connectivity index (χ1n) is 9.16. The molecule has 1 aromatic heterocycles. The molecule has 2 N–H and O–H groups in total. The van der Waals surface area contributed by atoms with Crippen molar-refractivity contribution in [1.82, 2.24) is 19.9 Å². The number of carbonyl (C=O) groups is 2. The topological polar surface area (TPSA) is 106 Å². The number of nitrogens with two attached hydrogens (primary N) is 1. The largest absolute Gasteiger partial charge is 0.363 e. The second-order valence-corrected chi connectivity index (χ2v) is 7.91. The average Bonchev–Trinajstić information content (AvgIpc) is 3.27. The normalized spacial score (nSPS) is 27.8. The van der Waals surface area contributed by atoms with Gasteiger partial charge >= 0.3 is 0 Å². The van der Waals surface area contributed by atoms with Crippen LogP contribution in [-0.4, -0.2) is 57.9 Å². The number of hydrogen-bond acceptors (Lipinski definition) is 6. The lowest BCUT2D eigenvalue weighted by Gasteiger charge is -2.48. The highest BCUT2D eigenvalue weighted by atomic mass is 16.5. The van der Waals surface area contributed by atoms with E-state index < -0.39 is 5.91 Å².